The van der Waals surface area contributed by atoms with Gasteiger partial charge in [-0.05, 0) is 26.0 Å². The predicted octanol–water partition coefficient (Wildman–Crippen LogP) is 1.56. The largest absolute Gasteiger partial charge is 0.322 e. The van der Waals surface area contributed by atoms with Crippen LogP contribution in [-0.4, -0.2) is 14.7 Å². The number of hydrogen-bond acceptors (Lipinski definition) is 3. The van der Waals surface area contributed by atoms with Gasteiger partial charge >= 0.3 is 0 Å². The van der Waals surface area contributed by atoms with E-state index >= 15 is 0 Å². The van der Waals surface area contributed by atoms with E-state index in [1.807, 2.05) is 0 Å². The molecular formula is C10H13F2NO2S. The Bertz CT molecular complexity index is 518. The molecule has 1 rings (SSSR count). The van der Waals surface area contributed by atoms with Crippen LogP contribution in [0.4, 0.5) is 8.78 Å². The molecule has 0 aliphatic rings. The lowest BCUT2D eigenvalue weighted by Gasteiger charge is -2.20. The summed E-state index contributed by atoms with van der Waals surface area (Å²) in [6, 6.07) is 1.49. The third kappa shape index (κ3) is 2.56. The normalized spacial score (nSPS) is 12.9. The first-order valence-corrected chi connectivity index (χ1v) is 6.41. The summed E-state index contributed by atoms with van der Waals surface area (Å²) < 4.78 is 49.3. The Balaban J connectivity index is 3.52. The average Bonchev–Trinajstić information content (AvgIpc) is 2.04. The van der Waals surface area contributed by atoms with Crippen LogP contribution in [-0.2, 0) is 15.4 Å². The number of nitrogens with two attached hydrogens (primary N) is 1. The van der Waals surface area contributed by atoms with Gasteiger partial charge in [-0.15, -0.1) is 0 Å². The van der Waals surface area contributed by atoms with Crippen molar-refractivity contribution in [1.29, 1.82) is 0 Å². The van der Waals surface area contributed by atoms with Crippen LogP contribution in [0.15, 0.2) is 17.0 Å². The summed E-state index contributed by atoms with van der Waals surface area (Å²) in [6.45, 7) is 3.01. The summed E-state index contributed by atoms with van der Waals surface area (Å²) in [4.78, 5) is -0.655. The van der Waals surface area contributed by atoms with Crippen molar-refractivity contribution in [3.63, 3.8) is 0 Å². The number of hydrogen-bond donors (Lipinski definition) is 1. The molecule has 90 valence electrons. The number of sulfone groups is 1. The second-order valence-corrected chi connectivity index (χ2v) is 6.24. The minimum Gasteiger partial charge on any atom is -0.322 e. The van der Waals surface area contributed by atoms with Crippen LogP contribution >= 0.6 is 0 Å². The van der Waals surface area contributed by atoms with Gasteiger partial charge in [0.15, 0.2) is 9.84 Å². The first kappa shape index (κ1) is 13.1. The Morgan fingerprint density at radius 3 is 2.06 bits per heavy atom. The molecule has 0 saturated heterocycles. The highest BCUT2D eigenvalue weighted by Gasteiger charge is 2.24. The second kappa shape index (κ2) is 3.78. The maximum absolute atomic E-state index is 13.5. The fourth-order valence-electron chi connectivity index (χ4n) is 1.31. The van der Waals surface area contributed by atoms with Gasteiger partial charge in [0, 0.05) is 17.4 Å². The molecule has 0 amide bonds. The Morgan fingerprint density at radius 2 is 1.69 bits per heavy atom. The number of halogens is 2. The van der Waals surface area contributed by atoms with Crippen molar-refractivity contribution in [1.82, 2.24) is 0 Å². The van der Waals surface area contributed by atoms with Crippen molar-refractivity contribution >= 4 is 9.84 Å². The van der Waals surface area contributed by atoms with E-state index in [4.69, 9.17) is 5.73 Å². The van der Waals surface area contributed by atoms with Crippen molar-refractivity contribution < 1.29 is 17.2 Å². The van der Waals surface area contributed by atoms with E-state index in [2.05, 4.69) is 0 Å². The predicted molar refractivity (Wildman–Crippen MR) is 56.7 cm³/mol. The zero-order chi connectivity index (χ0) is 12.7. The fraction of sp³-hybridized carbons (Fsp3) is 0.400. The third-order valence-corrected chi connectivity index (χ3v) is 3.23. The summed E-state index contributed by atoms with van der Waals surface area (Å²) in [5, 5.41) is 0. The topological polar surface area (TPSA) is 60.2 Å². The van der Waals surface area contributed by atoms with E-state index in [0.717, 1.165) is 12.3 Å². The van der Waals surface area contributed by atoms with Crippen molar-refractivity contribution in [3.8, 4) is 0 Å². The molecule has 0 aromatic heterocycles. The molecule has 0 unspecified atom stereocenters. The van der Waals surface area contributed by atoms with Crippen LogP contribution in [0.3, 0.4) is 0 Å². The Hall–Kier alpha value is -1.01. The lowest BCUT2D eigenvalue weighted by atomic mass is 9.95. The van der Waals surface area contributed by atoms with Crippen LogP contribution in [0.5, 0.6) is 0 Å². The highest BCUT2D eigenvalue weighted by molar-refractivity contribution is 7.90. The van der Waals surface area contributed by atoms with Gasteiger partial charge in [0.25, 0.3) is 0 Å². The van der Waals surface area contributed by atoms with Crippen molar-refractivity contribution in [2.45, 2.75) is 24.3 Å². The summed E-state index contributed by atoms with van der Waals surface area (Å²) in [5.74, 6) is -1.81. The van der Waals surface area contributed by atoms with Crippen LogP contribution in [0.1, 0.15) is 19.4 Å². The molecule has 0 radical (unpaired) electrons. The third-order valence-electron chi connectivity index (χ3n) is 2.12. The van der Waals surface area contributed by atoms with E-state index in [-0.39, 0.29) is 5.56 Å². The molecule has 0 spiro atoms. The standard InChI is InChI=1S/C10H13F2NO2S/c1-10(2,13)6-4-8(12)9(5-7(6)11)16(3,14)15/h4-5H,13H2,1-3H3. The van der Waals surface area contributed by atoms with Gasteiger partial charge in [0.2, 0.25) is 0 Å². The van der Waals surface area contributed by atoms with Crippen LogP contribution in [0.25, 0.3) is 0 Å². The number of benzene rings is 1. The number of rotatable bonds is 2. The SMILES string of the molecule is CC(C)(N)c1cc(F)c(S(C)(=O)=O)cc1F. The molecule has 6 heteroatoms. The van der Waals surface area contributed by atoms with E-state index in [1.165, 1.54) is 13.8 Å². The Morgan fingerprint density at radius 1 is 1.19 bits per heavy atom. The smallest absolute Gasteiger partial charge is 0.178 e. The highest BCUT2D eigenvalue weighted by Crippen LogP contribution is 2.25. The Labute approximate surface area is 93.2 Å². The van der Waals surface area contributed by atoms with Crippen LogP contribution < -0.4 is 5.73 Å². The van der Waals surface area contributed by atoms with E-state index < -0.39 is 31.9 Å². The van der Waals surface area contributed by atoms with Gasteiger partial charge in [-0.2, -0.15) is 0 Å². The molecule has 1 aromatic carbocycles. The Kier molecular flexibility index (Phi) is 3.08. The summed E-state index contributed by atoms with van der Waals surface area (Å²) in [7, 11) is -3.77. The first-order chi connectivity index (χ1) is 7.03. The molecule has 0 atom stereocenters. The van der Waals surface area contributed by atoms with Gasteiger partial charge in [0.1, 0.15) is 16.5 Å². The molecule has 0 aliphatic heterocycles. The molecule has 1 aromatic rings. The maximum atomic E-state index is 13.5. The van der Waals surface area contributed by atoms with Crippen molar-refractivity contribution in [2.24, 2.45) is 5.73 Å². The highest BCUT2D eigenvalue weighted by atomic mass is 32.2. The molecule has 0 heterocycles. The molecule has 0 aliphatic carbocycles. The second-order valence-electron chi connectivity index (χ2n) is 4.26. The lowest BCUT2D eigenvalue weighted by molar-refractivity contribution is 0.483. The van der Waals surface area contributed by atoms with Gasteiger partial charge in [-0.1, -0.05) is 0 Å². The van der Waals surface area contributed by atoms with Gasteiger partial charge in [-0.3, -0.25) is 0 Å². The lowest BCUT2D eigenvalue weighted by Crippen LogP contribution is -2.30. The molecule has 2 N–H and O–H groups in total. The molecule has 16 heavy (non-hydrogen) atoms. The molecule has 0 fully saturated rings. The van der Waals surface area contributed by atoms with Crippen LogP contribution in [0.2, 0.25) is 0 Å². The molecule has 0 saturated carbocycles. The van der Waals surface area contributed by atoms with Gasteiger partial charge in [-0.25, -0.2) is 17.2 Å². The van der Waals surface area contributed by atoms with Gasteiger partial charge in [0.05, 0.1) is 0 Å². The van der Waals surface area contributed by atoms with Crippen LogP contribution in [0, 0.1) is 11.6 Å². The summed E-state index contributed by atoms with van der Waals surface area (Å²) in [6.07, 6.45) is 0.818. The maximum Gasteiger partial charge on any atom is 0.178 e. The minimum absolute atomic E-state index is 0.0580. The van der Waals surface area contributed by atoms with Crippen molar-refractivity contribution in [2.75, 3.05) is 6.26 Å². The first-order valence-electron chi connectivity index (χ1n) is 4.52. The monoisotopic (exact) mass is 249 g/mol. The average molecular weight is 249 g/mol. The molecular weight excluding hydrogens is 236 g/mol. The zero-order valence-electron chi connectivity index (χ0n) is 9.21. The molecule has 3 nitrogen and oxygen atoms in total. The zero-order valence-corrected chi connectivity index (χ0v) is 10.0. The summed E-state index contributed by atoms with van der Waals surface area (Å²) in [5.41, 5.74) is 4.50. The molecule has 0 bridgehead atoms. The van der Waals surface area contributed by atoms with E-state index in [0.29, 0.717) is 6.07 Å². The quantitative estimate of drug-likeness (QED) is 0.865. The van der Waals surface area contributed by atoms with E-state index in [9.17, 15) is 17.2 Å². The van der Waals surface area contributed by atoms with Crippen molar-refractivity contribution in [3.05, 3.63) is 29.3 Å². The van der Waals surface area contributed by atoms with E-state index in [1.54, 1.807) is 0 Å². The summed E-state index contributed by atoms with van der Waals surface area (Å²) >= 11 is 0. The minimum atomic E-state index is -3.77. The fourth-order valence-corrected chi connectivity index (χ4v) is 2.04. The van der Waals surface area contributed by atoms with Gasteiger partial charge < -0.3 is 5.73 Å².